The Labute approximate surface area is 382 Å². The lowest BCUT2D eigenvalue weighted by molar-refractivity contribution is 0.471. The van der Waals surface area contributed by atoms with E-state index in [1.165, 1.54) is 0 Å². The van der Waals surface area contributed by atoms with Crippen LogP contribution in [0.15, 0.2) is 218 Å². The van der Waals surface area contributed by atoms with Gasteiger partial charge in [0.2, 0.25) is 0 Å². The van der Waals surface area contributed by atoms with E-state index in [-0.39, 0.29) is 34.5 Å². The van der Waals surface area contributed by atoms with Crippen LogP contribution in [0.4, 0.5) is 0 Å². The van der Waals surface area contributed by atoms with Gasteiger partial charge in [0.05, 0.1) is 0 Å². The largest absolute Gasteiger partial charge is 0.507 e. The van der Waals surface area contributed by atoms with Crippen LogP contribution in [0, 0.1) is 0 Å². The van der Waals surface area contributed by atoms with Gasteiger partial charge in [0.15, 0.2) is 0 Å². The number of hydrogen-bond acceptors (Lipinski definition) is 6. The zero-order chi connectivity index (χ0) is 45.3. The van der Waals surface area contributed by atoms with Crippen LogP contribution in [0.1, 0.15) is 0 Å². The van der Waals surface area contributed by atoms with Crippen LogP contribution in [0.2, 0.25) is 0 Å². The van der Waals surface area contributed by atoms with Crippen molar-refractivity contribution in [2.45, 2.75) is 0 Å². The molecule has 0 heterocycles. The molecule has 6 heteroatoms. The highest BCUT2D eigenvalue weighted by Crippen LogP contribution is 2.48. The predicted octanol–water partition coefficient (Wildman–Crippen LogP) is 14.9. The molecule has 0 bridgehead atoms. The number of benzene rings is 10. The van der Waals surface area contributed by atoms with Crippen LogP contribution in [0.25, 0.3) is 100 Å². The summed E-state index contributed by atoms with van der Waals surface area (Å²) >= 11 is 0. The second kappa shape index (κ2) is 17.3. The van der Waals surface area contributed by atoms with E-state index >= 15 is 0 Å². The Morgan fingerprint density at radius 3 is 0.470 bits per heavy atom. The smallest absolute Gasteiger partial charge is 0.131 e. The van der Waals surface area contributed by atoms with Gasteiger partial charge in [-0.05, 0) is 33.4 Å². The van der Waals surface area contributed by atoms with Gasteiger partial charge in [-0.25, -0.2) is 0 Å². The van der Waals surface area contributed by atoms with E-state index in [9.17, 15) is 30.6 Å². The minimum Gasteiger partial charge on any atom is -0.507 e. The van der Waals surface area contributed by atoms with Gasteiger partial charge >= 0.3 is 0 Å². The molecular weight excluding hydrogens is 817 g/mol. The van der Waals surface area contributed by atoms with Gasteiger partial charge in [0.1, 0.15) is 34.5 Å². The van der Waals surface area contributed by atoms with Gasteiger partial charge in [0.25, 0.3) is 0 Å². The van der Waals surface area contributed by atoms with Crippen molar-refractivity contribution in [3.63, 3.8) is 0 Å². The third-order valence-electron chi connectivity index (χ3n) is 12.3. The Bertz CT molecular complexity index is 3170. The molecule has 0 atom stereocenters. The highest BCUT2D eigenvalue weighted by Gasteiger charge is 2.21. The fraction of sp³-hybridized carbons (Fsp3) is 0. The second-order valence-electron chi connectivity index (χ2n) is 16.1. The van der Waals surface area contributed by atoms with Crippen molar-refractivity contribution in [3.8, 4) is 135 Å². The van der Waals surface area contributed by atoms with Gasteiger partial charge in [-0.1, -0.05) is 218 Å². The normalized spacial score (nSPS) is 11.1. The maximum atomic E-state index is 11.8. The van der Waals surface area contributed by atoms with Crippen molar-refractivity contribution in [1.29, 1.82) is 0 Å². The maximum Gasteiger partial charge on any atom is 0.131 e. The highest BCUT2D eigenvalue weighted by molar-refractivity contribution is 5.92. The fourth-order valence-electron chi connectivity index (χ4n) is 8.86. The van der Waals surface area contributed by atoms with Crippen LogP contribution in [0.5, 0.6) is 34.5 Å². The summed E-state index contributed by atoms with van der Waals surface area (Å²) in [6.07, 6.45) is 0. The summed E-state index contributed by atoms with van der Waals surface area (Å²) in [6, 6.07) is 67.1. The zero-order valence-corrected chi connectivity index (χ0v) is 35.5. The van der Waals surface area contributed by atoms with Gasteiger partial charge in [-0.15, -0.1) is 0 Å². The van der Waals surface area contributed by atoms with Crippen molar-refractivity contribution in [3.05, 3.63) is 218 Å². The fourth-order valence-corrected chi connectivity index (χ4v) is 8.86. The van der Waals surface area contributed by atoms with E-state index in [4.69, 9.17) is 0 Å². The highest BCUT2D eigenvalue weighted by atomic mass is 16.3. The molecule has 6 nitrogen and oxygen atoms in total. The van der Waals surface area contributed by atoms with Crippen LogP contribution in [-0.2, 0) is 0 Å². The van der Waals surface area contributed by atoms with E-state index in [0.717, 1.165) is 33.4 Å². The van der Waals surface area contributed by atoms with Crippen molar-refractivity contribution in [1.82, 2.24) is 0 Å². The summed E-state index contributed by atoms with van der Waals surface area (Å²) in [5, 5.41) is 69.4. The molecule has 0 saturated heterocycles. The summed E-state index contributed by atoms with van der Waals surface area (Å²) in [4.78, 5) is 0. The lowest BCUT2D eigenvalue weighted by Gasteiger charge is -2.16. The summed E-state index contributed by atoms with van der Waals surface area (Å²) in [7, 11) is 0. The van der Waals surface area contributed by atoms with E-state index in [1.54, 1.807) is 36.4 Å². The van der Waals surface area contributed by atoms with E-state index in [2.05, 4.69) is 0 Å². The Kier molecular flexibility index (Phi) is 10.7. The van der Waals surface area contributed by atoms with Gasteiger partial charge in [0, 0.05) is 66.8 Å². The first-order valence-electron chi connectivity index (χ1n) is 21.5. The topological polar surface area (TPSA) is 121 Å². The molecule has 10 rings (SSSR count). The number of para-hydroxylation sites is 6. The predicted molar refractivity (Wildman–Crippen MR) is 265 cm³/mol. The molecule has 318 valence electrons. The summed E-state index contributed by atoms with van der Waals surface area (Å²) in [5.41, 5.74) is 11.3. The third kappa shape index (κ3) is 7.42. The molecule has 0 amide bonds. The van der Waals surface area contributed by atoms with Crippen molar-refractivity contribution < 1.29 is 30.6 Å². The van der Waals surface area contributed by atoms with Crippen molar-refractivity contribution in [2.24, 2.45) is 0 Å². The van der Waals surface area contributed by atoms with Crippen LogP contribution in [-0.4, -0.2) is 30.6 Å². The Balaban J connectivity index is 0.915. The number of aromatic hydroxyl groups is 6. The summed E-state index contributed by atoms with van der Waals surface area (Å²) in [6.45, 7) is 0. The standard InChI is InChI=1S/C60H42O6/c61-55-43(37-13-3-1-4-14-37)17-7-23-49(55)51-25-9-19-45(57(51)63)39-29-33-41(34-30-39)47-21-11-27-53(59(47)65)54-28-12-22-48(60(54)66)42-35-31-40(32-36-42)46-20-10-26-52(58(46)64)50-24-8-18-44(56(50)62)38-15-5-2-6-16-38/h1-36,61-66H. The molecule has 0 aliphatic heterocycles. The van der Waals surface area contributed by atoms with Crippen LogP contribution >= 0.6 is 0 Å². The molecule has 10 aromatic carbocycles. The van der Waals surface area contributed by atoms with Gasteiger partial charge < -0.3 is 30.6 Å². The minimum absolute atomic E-state index is 0.00219. The van der Waals surface area contributed by atoms with Crippen molar-refractivity contribution in [2.75, 3.05) is 0 Å². The lowest BCUT2D eigenvalue weighted by Crippen LogP contribution is -1.89. The Morgan fingerprint density at radius 1 is 0.136 bits per heavy atom. The zero-order valence-electron chi connectivity index (χ0n) is 35.5. The Morgan fingerprint density at radius 2 is 0.288 bits per heavy atom. The molecule has 0 fully saturated rings. The molecule has 0 spiro atoms. The maximum absolute atomic E-state index is 11.8. The van der Waals surface area contributed by atoms with Gasteiger partial charge in [-0.2, -0.15) is 0 Å². The molecule has 0 aliphatic carbocycles. The third-order valence-corrected chi connectivity index (χ3v) is 12.3. The van der Waals surface area contributed by atoms with Gasteiger partial charge in [-0.3, -0.25) is 0 Å². The SMILES string of the molecule is Oc1c(-c2ccccc2)cccc1-c1cccc(-c2ccc(-c3cccc(-c4cccc(-c5ccc(-c6cccc(-c7cccc(-c8ccccc8)c7O)c6O)cc5)c4O)c3O)cc2)c1O. The molecule has 10 aromatic rings. The van der Waals surface area contributed by atoms with Crippen LogP contribution in [0.3, 0.4) is 0 Å². The van der Waals surface area contributed by atoms with E-state index < -0.39 is 0 Å². The molecule has 66 heavy (non-hydrogen) atoms. The second-order valence-corrected chi connectivity index (χ2v) is 16.1. The van der Waals surface area contributed by atoms with E-state index in [0.29, 0.717) is 66.8 Å². The first-order valence-corrected chi connectivity index (χ1v) is 21.5. The molecular formula is C60H42O6. The average molecular weight is 859 g/mol. The first kappa shape index (κ1) is 41.0. The number of phenols is 6. The summed E-state index contributed by atoms with van der Waals surface area (Å²) < 4.78 is 0. The van der Waals surface area contributed by atoms with Crippen molar-refractivity contribution >= 4 is 0 Å². The first-order chi connectivity index (χ1) is 32.3. The number of rotatable bonds is 9. The number of hydrogen-bond donors (Lipinski definition) is 6. The quantitative estimate of drug-likeness (QED) is 0.0860. The monoisotopic (exact) mass is 858 g/mol. The van der Waals surface area contributed by atoms with Crippen LogP contribution < -0.4 is 0 Å². The minimum atomic E-state index is 0.00219. The molecule has 0 saturated carbocycles. The molecule has 6 N–H and O–H groups in total. The number of phenolic OH excluding ortho intramolecular Hbond substituents is 6. The van der Waals surface area contributed by atoms with E-state index in [1.807, 2.05) is 182 Å². The lowest BCUT2D eigenvalue weighted by atomic mass is 9.91. The molecule has 0 radical (unpaired) electrons. The molecule has 0 unspecified atom stereocenters. The summed E-state index contributed by atoms with van der Waals surface area (Å²) in [5.74, 6) is 0.245. The molecule has 0 aromatic heterocycles. The Hall–Kier alpha value is -9.00. The molecule has 0 aliphatic rings. The average Bonchev–Trinajstić information content (AvgIpc) is 3.36.